The Balaban J connectivity index is 1.91. The molecule has 1 N–H and O–H groups in total. The molecular weight excluding hydrogens is 246 g/mol. The molecule has 0 saturated carbocycles. The highest BCUT2D eigenvalue weighted by Gasteiger charge is 2.14. The topological polar surface area (TPSA) is 56.8 Å². The van der Waals surface area contributed by atoms with Gasteiger partial charge in [-0.25, -0.2) is 0 Å². The van der Waals surface area contributed by atoms with Crippen molar-refractivity contribution in [3.05, 3.63) is 23.8 Å². The maximum atomic E-state index is 11.0. The fourth-order valence-electron chi connectivity index (χ4n) is 1.94. The van der Waals surface area contributed by atoms with Crippen molar-refractivity contribution < 1.29 is 19.0 Å². The second-order valence-electron chi connectivity index (χ2n) is 4.41. The van der Waals surface area contributed by atoms with E-state index in [1.54, 1.807) is 0 Å². The number of hydrogen-bond donors (Lipinski definition) is 1. The lowest BCUT2D eigenvalue weighted by Crippen LogP contribution is -2.23. The van der Waals surface area contributed by atoms with Crippen molar-refractivity contribution in [3.8, 4) is 11.5 Å². The fourth-order valence-corrected chi connectivity index (χ4v) is 1.94. The van der Waals surface area contributed by atoms with Crippen molar-refractivity contribution in [1.82, 2.24) is 5.32 Å². The Kier molecular flexibility index (Phi) is 4.63. The van der Waals surface area contributed by atoms with Gasteiger partial charge in [0.15, 0.2) is 11.5 Å². The van der Waals surface area contributed by atoms with Gasteiger partial charge < -0.3 is 19.5 Å². The van der Waals surface area contributed by atoms with E-state index in [0.717, 1.165) is 17.1 Å². The van der Waals surface area contributed by atoms with Crippen LogP contribution in [-0.2, 0) is 9.53 Å². The van der Waals surface area contributed by atoms with E-state index >= 15 is 0 Å². The van der Waals surface area contributed by atoms with Crippen LogP contribution in [0.15, 0.2) is 18.2 Å². The smallest absolute Gasteiger partial charge is 0.306 e. The molecular formula is C14H19NO4. The summed E-state index contributed by atoms with van der Waals surface area (Å²) < 4.78 is 15.6. The predicted octanol–water partition coefficient (Wildman–Crippen LogP) is 1.67. The molecule has 0 radical (unpaired) electrons. The predicted molar refractivity (Wildman–Crippen MR) is 70.5 cm³/mol. The van der Waals surface area contributed by atoms with Crippen molar-refractivity contribution in [1.29, 1.82) is 0 Å². The minimum absolute atomic E-state index is 0.139. The monoisotopic (exact) mass is 265 g/mol. The van der Waals surface area contributed by atoms with Crippen molar-refractivity contribution in [2.75, 3.05) is 26.9 Å². The summed E-state index contributed by atoms with van der Waals surface area (Å²) >= 11 is 0. The highest BCUT2D eigenvalue weighted by molar-refractivity contribution is 5.69. The normalized spacial score (nSPS) is 14.8. The van der Waals surface area contributed by atoms with Crippen LogP contribution in [0.4, 0.5) is 0 Å². The molecule has 0 spiro atoms. The third kappa shape index (κ3) is 3.61. The van der Waals surface area contributed by atoms with E-state index in [0.29, 0.717) is 26.2 Å². The van der Waals surface area contributed by atoms with E-state index in [9.17, 15) is 4.79 Å². The number of methoxy groups -OCH3 is 1. The van der Waals surface area contributed by atoms with Gasteiger partial charge in [-0.15, -0.1) is 0 Å². The molecule has 104 valence electrons. The molecule has 1 aliphatic rings. The van der Waals surface area contributed by atoms with Crippen molar-refractivity contribution in [2.24, 2.45) is 0 Å². The number of hydrogen-bond acceptors (Lipinski definition) is 5. The van der Waals surface area contributed by atoms with Crippen LogP contribution in [0.3, 0.4) is 0 Å². The van der Waals surface area contributed by atoms with Crippen LogP contribution in [0.25, 0.3) is 0 Å². The number of carbonyl (C=O) groups is 1. The molecule has 0 aromatic heterocycles. The number of rotatable bonds is 5. The molecule has 1 atom stereocenters. The third-order valence-corrected chi connectivity index (χ3v) is 3.07. The number of esters is 1. The van der Waals surface area contributed by atoms with Crippen LogP contribution in [0.2, 0.25) is 0 Å². The molecule has 2 rings (SSSR count). The molecule has 1 aromatic carbocycles. The quantitative estimate of drug-likeness (QED) is 0.821. The van der Waals surface area contributed by atoms with Crippen LogP contribution >= 0.6 is 0 Å². The molecule has 5 nitrogen and oxygen atoms in total. The molecule has 0 saturated heterocycles. The summed E-state index contributed by atoms with van der Waals surface area (Å²) in [5.41, 5.74) is 1.11. The zero-order chi connectivity index (χ0) is 13.7. The van der Waals surface area contributed by atoms with E-state index in [2.05, 4.69) is 10.1 Å². The molecule has 5 heteroatoms. The molecule has 19 heavy (non-hydrogen) atoms. The zero-order valence-corrected chi connectivity index (χ0v) is 11.3. The standard InChI is InChI=1S/C14H19NO4/c1-10(15-6-5-14(16)17-2)11-3-4-12-13(9-11)19-8-7-18-12/h3-4,9-10,15H,5-8H2,1-2H3. The van der Waals surface area contributed by atoms with Gasteiger partial charge in [0.2, 0.25) is 0 Å². The van der Waals surface area contributed by atoms with Crippen LogP contribution < -0.4 is 14.8 Å². The van der Waals surface area contributed by atoms with Crippen molar-refractivity contribution in [2.45, 2.75) is 19.4 Å². The molecule has 0 fully saturated rings. The van der Waals surface area contributed by atoms with E-state index in [4.69, 9.17) is 9.47 Å². The number of nitrogens with one attached hydrogen (secondary N) is 1. The largest absolute Gasteiger partial charge is 0.486 e. The van der Waals surface area contributed by atoms with E-state index < -0.39 is 0 Å². The minimum atomic E-state index is -0.207. The SMILES string of the molecule is COC(=O)CCNC(C)c1ccc2c(c1)OCCO2. The summed E-state index contributed by atoms with van der Waals surface area (Å²) in [6.45, 7) is 3.81. The van der Waals surface area contributed by atoms with Gasteiger partial charge in [-0.05, 0) is 24.6 Å². The first-order valence-corrected chi connectivity index (χ1v) is 6.40. The first kappa shape index (κ1) is 13.7. The number of fused-ring (bicyclic) bond motifs is 1. The maximum absolute atomic E-state index is 11.0. The number of carbonyl (C=O) groups excluding carboxylic acids is 1. The van der Waals surface area contributed by atoms with Crippen LogP contribution in [0.5, 0.6) is 11.5 Å². The second-order valence-corrected chi connectivity index (χ2v) is 4.41. The Morgan fingerprint density at radius 1 is 1.37 bits per heavy atom. The van der Waals surface area contributed by atoms with Crippen molar-refractivity contribution >= 4 is 5.97 Å². The average Bonchev–Trinajstić information content (AvgIpc) is 2.46. The molecule has 1 aromatic rings. The van der Waals surface area contributed by atoms with Gasteiger partial charge >= 0.3 is 5.97 Å². The first-order valence-electron chi connectivity index (χ1n) is 6.40. The third-order valence-electron chi connectivity index (χ3n) is 3.07. The Hall–Kier alpha value is -1.75. The second kappa shape index (κ2) is 6.43. The lowest BCUT2D eigenvalue weighted by atomic mass is 10.1. The Morgan fingerprint density at radius 2 is 2.11 bits per heavy atom. The molecule has 1 heterocycles. The van der Waals surface area contributed by atoms with Gasteiger partial charge in [0, 0.05) is 12.6 Å². The summed E-state index contributed by atoms with van der Waals surface area (Å²) in [7, 11) is 1.40. The molecule has 0 bridgehead atoms. The van der Waals surface area contributed by atoms with Gasteiger partial charge in [0.1, 0.15) is 13.2 Å². The van der Waals surface area contributed by atoms with Gasteiger partial charge in [0.25, 0.3) is 0 Å². The molecule has 1 aliphatic heterocycles. The molecule has 1 unspecified atom stereocenters. The zero-order valence-electron chi connectivity index (χ0n) is 11.3. The highest BCUT2D eigenvalue weighted by Crippen LogP contribution is 2.32. The first-order chi connectivity index (χ1) is 9.20. The average molecular weight is 265 g/mol. The lowest BCUT2D eigenvalue weighted by molar-refractivity contribution is -0.140. The summed E-state index contributed by atoms with van der Waals surface area (Å²) in [5, 5.41) is 3.27. The van der Waals surface area contributed by atoms with E-state index in [-0.39, 0.29) is 12.0 Å². The van der Waals surface area contributed by atoms with Gasteiger partial charge in [0.05, 0.1) is 13.5 Å². The summed E-state index contributed by atoms with van der Waals surface area (Å²) in [5.74, 6) is 1.36. The molecule has 0 amide bonds. The molecule has 0 aliphatic carbocycles. The number of ether oxygens (including phenoxy) is 3. The summed E-state index contributed by atoms with van der Waals surface area (Å²) in [6.07, 6.45) is 0.366. The van der Waals surface area contributed by atoms with Crippen LogP contribution in [0.1, 0.15) is 24.9 Å². The Morgan fingerprint density at radius 3 is 2.84 bits per heavy atom. The number of benzene rings is 1. The Bertz CT molecular complexity index is 447. The summed E-state index contributed by atoms with van der Waals surface area (Å²) in [6, 6.07) is 6.04. The summed E-state index contributed by atoms with van der Waals surface area (Å²) in [4.78, 5) is 11.0. The highest BCUT2D eigenvalue weighted by atomic mass is 16.6. The van der Waals surface area contributed by atoms with Gasteiger partial charge in [-0.2, -0.15) is 0 Å². The van der Waals surface area contributed by atoms with E-state index in [1.807, 2.05) is 25.1 Å². The Labute approximate surface area is 112 Å². The lowest BCUT2D eigenvalue weighted by Gasteiger charge is -2.21. The van der Waals surface area contributed by atoms with Crippen LogP contribution in [-0.4, -0.2) is 32.8 Å². The van der Waals surface area contributed by atoms with Gasteiger partial charge in [-0.3, -0.25) is 4.79 Å². The minimum Gasteiger partial charge on any atom is -0.486 e. The van der Waals surface area contributed by atoms with Gasteiger partial charge in [-0.1, -0.05) is 6.07 Å². The van der Waals surface area contributed by atoms with E-state index in [1.165, 1.54) is 7.11 Å². The maximum Gasteiger partial charge on any atom is 0.306 e. The van der Waals surface area contributed by atoms with Crippen LogP contribution in [0, 0.1) is 0 Å². The van der Waals surface area contributed by atoms with Crippen molar-refractivity contribution in [3.63, 3.8) is 0 Å². The fraction of sp³-hybridized carbons (Fsp3) is 0.500.